The number of ether oxygens (including phenoxy) is 1. The van der Waals surface area contributed by atoms with Crippen LogP contribution in [0.1, 0.15) is 17.2 Å². The molecule has 1 aromatic heterocycles. The Kier molecular flexibility index (Phi) is 5.80. The Morgan fingerprint density at radius 1 is 1.13 bits per heavy atom. The monoisotopic (exact) mass is 498 g/mol. The van der Waals surface area contributed by atoms with Gasteiger partial charge in [-0.3, -0.25) is 14.5 Å². The molecule has 1 aliphatic rings. The molecule has 0 spiro atoms. The first-order valence-corrected chi connectivity index (χ1v) is 10.4. The number of hydrogen-bond acceptors (Lipinski definition) is 5. The van der Waals surface area contributed by atoms with Crippen LogP contribution >= 0.6 is 27.5 Å². The smallest absolute Gasteiger partial charge is 0.301 e. The number of amides is 1. The number of carbonyl (C=O) groups excluding carboxylic acids is 2. The van der Waals surface area contributed by atoms with E-state index >= 15 is 0 Å². The van der Waals surface area contributed by atoms with Gasteiger partial charge in [0, 0.05) is 16.2 Å². The van der Waals surface area contributed by atoms with Gasteiger partial charge in [-0.1, -0.05) is 45.7 Å². The van der Waals surface area contributed by atoms with Crippen LogP contribution in [-0.2, 0) is 9.59 Å². The van der Waals surface area contributed by atoms with E-state index in [2.05, 4.69) is 20.9 Å². The van der Waals surface area contributed by atoms with Crippen molar-refractivity contribution in [2.45, 2.75) is 6.04 Å². The summed E-state index contributed by atoms with van der Waals surface area (Å²) in [6.07, 6.45) is 1.54. The number of anilines is 1. The number of benzene rings is 2. The molecule has 1 saturated heterocycles. The van der Waals surface area contributed by atoms with Crippen molar-refractivity contribution in [3.05, 3.63) is 93.1 Å². The van der Waals surface area contributed by atoms with Crippen molar-refractivity contribution in [1.29, 1.82) is 0 Å². The summed E-state index contributed by atoms with van der Waals surface area (Å²) >= 11 is 9.64. The number of halogens is 2. The molecule has 1 fully saturated rings. The Labute approximate surface area is 191 Å². The molecule has 2 heterocycles. The molecule has 1 N–H and O–H groups in total. The maximum absolute atomic E-state index is 13.1. The van der Waals surface area contributed by atoms with Crippen molar-refractivity contribution < 1.29 is 19.4 Å². The number of aromatic nitrogens is 1. The minimum Gasteiger partial charge on any atom is -0.507 e. The summed E-state index contributed by atoms with van der Waals surface area (Å²) in [5.41, 5.74) is 0.889. The van der Waals surface area contributed by atoms with Crippen LogP contribution in [-0.4, -0.2) is 28.9 Å². The van der Waals surface area contributed by atoms with Gasteiger partial charge < -0.3 is 9.84 Å². The maximum Gasteiger partial charge on any atom is 0.301 e. The molecule has 1 atom stereocenters. The number of pyridine rings is 1. The van der Waals surface area contributed by atoms with Gasteiger partial charge in [-0.2, -0.15) is 0 Å². The van der Waals surface area contributed by atoms with Gasteiger partial charge >= 0.3 is 5.91 Å². The third-order valence-corrected chi connectivity index (χ3v) is 5.72. The summed E-state index contributed by atoms with van der Waals surface area (Å²) < 4.78 is 5.92. The Morgan fingerprint density at radius 2 is 1.94 bits per heavy atom. The number of methoxy groups -OCH3 is 1. The SMILES string of the molecule is COc1ccc(/C(O)=C2\C(=O)C(=O)N(c3ccccn3)C2c2cccc(Br)c2)cc1Cl. The number of carbonyl (C=O) groups is 2. The minimum atomic E-state index is -0.867. The van der Waals surface area contributed by atoms with Gasteiger partial charge in [0.25, 0.3) is 5.78 Å². The lowest BCUT2D eigenvalue weighted by molar-refractivity contribution is -0.132. The molecule has 8 heteroatoms. The molecular formula is C23H16BrClN2O4. The number of aliphatic hydroxyl groups is 1. The lowest BCUT2D eigenvalue weighted by Crippen LogP contribution is -2.30. The molecule has 31 heavy (non-hydrogen) atoms. The van der Waals surface area contributed by atoms with Crippen molar-refractivity contribution in [3.8, 4) is 5.75 Å². The summed E-state index contributed by atoms with van der Waals surface area (Å²) in [6, 6.07) is 16.1. The van der Waals surface area contributed by atoms with Crippen LogP contribution in [0.5, 0.6) is 5.75 Å². The molecule has 1 amide bonds. The third kappa shape index (κ3) is 3.82. The summed E-state index contributed by atoms with van der Waals surface area (Å²) in [5.74, 6) is -1.17. The molecule has 1 unspecified atom stereocenters. The van der Waals surface area contributed by atoms with Crippen LogP contribution in [0, 0.1) is 0 Å². The van der Waals surface area contributed by atoms with Gasteiger partial charge in [0.15, 0.2) is 0 Å². The number of ketones is 1. The molecule has 3 aromatic rings. The number of aliphatic hydroxyl groups excluding tert-OH is 1. The van der Waals surface area contributed by atoms with Crippen LogP contribution in [0.15, 0.2) is 76.9 Å². The number of rotatable bonds is 4. The van der Waals surface area contributed by atoms with E-state index in [9.17, 15) is 14.7 Å². The van der Waals surface area contributed by atoms with Gasteiger partial charge in [-0.15, -0.1) is 0 Å². The molecule has 156 valence electrons. The average molecular weight is 500 g/mol. The normalized spacial score (nSPS) is 17.8. The lowest BCUT2D eigenvalue weighted by Gasteiger charge is -2.24. The van der Waals surface area contributed by atoms with Crippen LogP contribution in [0.25, 0.3) is 5.76 Å². The molecule has 6 nitrogen and oxygen atoms in total. The van der Waals surface area contributed by atoms with Crippen LogP contribution in [0.2, 0.25) is 5.02 Å². The number of nitrogens with zero attached hydrogens (tertiary/aromatic N) is 2. The summed E-state index contributed by atoms with van der Waals surface area (Å²) in [7, 11) is 1.48. The second-order valence-electron chi connectivity index (χ2n) is 6.76. The van der Waals surface area contributed by atoms with Crippen molar-refractivity contribution in [1.82, 2.24) is 4.98 Å². The fourth-order valence-electron chi connectivity index (χ4n) is 3.53. The van der Waals surface area contributed by atoms with E-state index in [-0.39, 0.29) is 16.4 Å². The Balaban J connectivity index is 1.94. The second kappa shape index (κ2) is 8.53. The first kappa shape index (κ1) is 21.1. The van der Waals surface area contributed by atoms with E-state index in [1.54, 1.807) is 48.5 Å². The topological polar surface area (TPSA) is 79.7 Å². The molecular weight excluding hydrogens is 484 g/mol. The summed E-state index contributed by atoms with van der Waals surface area (Å²) in [5, 5.41) is 11.4. The van der Waals surface area contributed by atoms with Crippen molar-refractivity contribution in [2.24, 2.45) is 0 Å². The number of Topliss-reactive ketones (excluding diaryl/α,β-unsaturated/α-hetero) is 1. The lowest BCUT2D eigenvalue weighted by atomic mass is 9.95. The maximum atomic E-state index is 13.1. The molecule has 4 rings (SSSR count). The van der Waals surface area contributed by atoms with E-state index in [0.29, 0.717) is 22.7 Å². The van der Waals surface area contributed by atoms with E-state index in [1.165, 1.54) is 24.3 Å². The van der Waals surface area contributed by atoms with Crippen molar-refractivity contribution >= 4 is 50.8 Å². The zero-order chi connectivity index (χ0) is 22.1. The molecule has 0 bridgehead atoms. The van der Waals surface area contributed by atoms with E-state index in [4.69, 9.17) is 16.3 Å². The fraction of sp³-hybridized carbons (Fsp3) is 0.0870. The summed E-state index contributed by atoms with van der Waals surface area (Å²) in [4.78, 5) is 31.6. The highest BCUT2D eigenvalue weighted by Crippen LogP contribution is 2.42. The largest absolute Gasteiger partial charge is 0.507 e. The van der Waals surface area contributed by atoms with Gasteiger partial charge in [-0.05, 0) is 48.0 Å². The molecule has 0 saturated carbocycles. The number of hydrogen-bond donors (Lipinski definition) is 1. The van der Waals surface area contributed by atoms with Gasteiger partial charge in [0.05, 0.1) is 23.7 Å². The molecule has 1 aliphatic heterocycles. The predicted molar refractivity (Wildman–Crippen MR) is 121 cm³/mol. The minimum absolute atomic E-state index is 0.0463. The van der Waals surface area contributed by atoms with Gasteiger partial charge in [0.2, 0.25) is 0 Å². The highest BCUT2D eigenvalue weighted by molar-refractivity contribution is 9.10. The second-order valence-corrected chi connectivity index (χ2v) is 8.08. The first-order chi connectivity index (χ1) is 14.9. The highest BCUT2D eigenvalue weighted by atomic mass is 79.9. The standard InChI is InChI=1S/C23H16BrClN2O4/c1-31-17-9-8-14(12-16(17)25)21(28)19-20(13-5-4-6-15(24)11-13)27(23(30)22(19)29)18-7-2-3-10-26-18/h2-12,20,28H,1H3/b21-19+. The average Bonchev–Trinajstić information content (AvgIpc) is 3.04. The zero-order valence-corrected chi connectivity index (χ0v) is 18.6. The fourth-order valence-corrected chi connectivity index (χ4v) is 4.20. The van der Waals surface area contributed by atoms with Crippen LogP contribution in [0.3, 0.4) is 0 Å². The quantitative estimate of drug-likeness (QED) is 0.306. The van der Waals surface area contributed by atoms with Crippen LogP contribution in [0.4, 0.5) is 5.82 Å². The highest BCUT2D eigenvalue weighted by Gasteiger charge is 2.47. The predicted octanol–water partition coefficient (Wildman–Crippen LogP) is 5.13. The van der Waals surface area contributed by atoms with Crippen LogP contribution < -0.4 is 9.64 Å². The Bertz CT molecular complexity index is 1210. The van der Waals surface area contributed by atoms with E-state index < -0.39 is 17.7 Å². The van der Waals surface area contributed by atoms with E-state index in [1.807, 2.05) is 6.07 Å². The zero-order valence-electron chi connectivity index (χ0n) is 16.3. The van der Waals surface area contributed by atoms with Crippen molar-refractivity contribution in [3.63, 3.8) is 0 Å². The summed E-state index contributed by atoms with van der Waals surface area (Å²) in [6.45, 7) is 0. The van der Waals surface area contributed by atoms with E-state index in [0.717, 1.165) is 4.47 Å². The molecule has 0 aliphatic carbocycles. The van der Waals surface area contributed by atoms with Gasteiger partial charge in [-0.25, -0.2) is 4.98 Å². The first-order valence-electron chi connectivity index (χ1n) is 9.23. The molecule has 2 aromatic carbocycles. The molecule has 0 radical (unpaired) electrons. The van der Waals surface area contributed by atoms with Gasteiger partial charge in [0.1, 0.15) is 17.3 Å². The third-order valence-electron chi connectivity index (χ3n) is 4.93. The van der Waals surface area contributed by atoms with Crippen molar-refractivity contribution in [2.75, 3.05) is 12.0 Å². The Morgan fingerprint density at radius 3 is 2.58 bits per heavy atom. The Hall–Kier alpha value is -3.16.